The average molecular weight is 388 g/mol. The van der Waals surface area contributed by atoms with E-state index in [0.717, 1.165) is 11.3 Å². The fraction of sp³-hybridized carbons (Fsp3) is 0.222. The third-order valence-corrected chi connectivity index (χ3v) is 5.63. The lowest BCUT2D eigenvalue weighted by Crippen LogP contribution is -2.27. The van der Waals surface area contributed by atoms with E-state index in [0.29, 0.717) is 5.75 Å². The fourth-order valence-electron chi connectivity index (χ4n) is 2.62. The van der Waals surface area contributed by atoms with Crippen LogP contribution in [0.1, 0.15) is 18.5 Å². The van der Waals surface area contributed by atoms with Crippen molar-refractivity contribution in [3.05, 3.63) is 60.7 Å². The van der Waals surface area contributed by atoms with Crippen LogP contribution in [-0.2, 0) is 10.0 Å². The van der Waals surface area contributed by atoms with E-state index < -0.39 is 16.1 Å². The first kappa shape index (κ1) is 18.9. The van der Waals surface area contributed by atoms with E-state index in [9.17, 15) is 8.42 Å². The molecule has 3 rings (SSSR count). The topological polar surface area (TPSA) is 95.3 Å². The first-order chi connectivity index (χ1) is 12.9. The third kappa shape index (κ3) is 4.09. The number of hydrogen-bond acceptors (Lipinski definition) is 6. The van der Waals surface area contributed by atoms with Crippen molar-refractivity contribution in [1.29, 1.82) is 0 Å². The van der Waals surface area contributed by atoms with Gasteiger partial charge in [0.1, 0.15) is 29.0 Å². The molecule has 0 radical (unpaired) electrons. The van der Waals surface area contributed by atoms with Gasteiger partial charge in [-0.25, -0.2) is 22.8 Å². The Balaban J connectivity index is 1.83. The lowest BCUT2D eigenvalue weighted by Gasteiger charge is -2.17. The Bertz CT molecular complexity index is 1000. The summed E-state index contributed by atoms with van der Waals surface area (Å²) in [6.07, 6.45) is 3.04. The lowest BCUT2D eigenvalue weighted by atomic mass is 10.1. The van der Waals surface area contributed by atoms with E-state index in [2.05, 4.69) is 14.8 Å². The van der Waals surface area contributed by atoms with Gasteiger partial charge in [0.05, 0.1) is 19.9 Å². The van der Waals surface area contributed by atoms with Crippen LogP contribution in [0.4, 0.5) is 0 Å². The Morgan fingerprint density at radius 2 is 1.81 bits per heavy atom. The van der Waals surface area contributed by atoms with Crippen molar-refractivity contribution in [2.45, 2.75) is 17.9 Å². The van der Waals surface area contributed by atoms with Gasteiger partial charge in [-0.15, -0.1) is 0 Å². The summed E-state index contributed by atoms with van der Waals surface area (Å²) in [6, 6.07) is 11.6. The summed E-state index contributed by atoms with van der Waals surface area (Å²) in [5.41, 5.74) is 1.64. The molecule has 0 aliphatic rings. The molecule has 1 aromatic heterocycles. The molecule has 0 aliphatic carbocycles. The zero-order valence-electron chi connectivity index (χ0n) is 15.2. The number of sulfonamides is 1. The smallest absolute Gasteiger partial charge is 0.244 e. The molecular weight excluding hydrogens is 368 g/mol. The van der Waals surface area contributed by atoms with Gasteiger partial charge in [0.15, 0.2) is 0 Å². The maximum Gasteiger partial charge on any atom is 0.244 e. The predicted molar refractivity (Wildman–Crippen MR) is 99.6 cm³/mol. The molecule has 0 saturated carbocycles. The maximum absolute atomic E-state index is 12.8. The Labute approximate surface area is 157 Å². The summed E-state index contributed by atoms with van der Waals surface area (Å²) in [6.45, 7) is 1.77. The van der Waals surface area contributed by atoms with Crippen LogP contribution in [0.2, 0.25) is 0 Å². The number of benzene rings is 2. The predicted octanol–water partition coefficient (Wildman–Crippen LogP) is 2.32. The highest BCUT2D eigenvalue weighted by Gasteiger charge is 2.23. The molecule has 0 fully saturated rings. The third-order valence-electron chi connectivity index (χ3n) is 4.07. The van der Waals surface area contributed by atoms with Crippen LogP contribution in [0.25, 0.3) is 5.69 Å². The zero-order chi connectivity index (χ0) is 19.4. The molecule has 0 spiro atoms. The van der Waals surface area contributed by atoms with E-state index >= 15 is 0 Å². The second-order valence-corrected chi connectivity index (χ2v) is 7.47. The Morgan fingerprint density at radius 3 is 2.41 bits per heavy atom. The second kappa shape index (κ2) is 7.77. The molecule has 9 heteroatoms. The van der Waals surface area contributed by atoms with Crippen LogP contribution in [-0.4, -0.2) is 37.4 Å². The van der Waals surface area contributed by atoms with Crippen molar-refractivity contribution < 1.29 is 17.9 Å². The molecule has 0 bridgehead atoms. The van der Waals surface area contributed by atoms with Gasteiger partial charge in [0, 0.05) is 12.1 Å². The van der Waals surface area contributed by atoms with E-state index in [1.54, 1.807) is 30.1 Å². The van der Waals surface area contributed by atoms with Crippen molar-refractivity contribution in [2.24, 2.45) is 0 Å². The van der Waals surface area contributed by atoms with Gasteiger partial charge in [-0.1, -0.05) is 12.1 Å². The second-order valence-electron chi connectivity index (χ2n) is 5.79. The van der Waals surface area contributed by atoms with Crippen molar-refractivity contribution in [1.82, 2.24) is 19.5 Å². The highest BCUT2D eigenvalue weighted by molar-refractivity contribution is 7.89. The van der Waals surface area contributed by atoms with Crippen molar-refractivity contribution in [2.75, 3.05) is 14.2 Å². The summed E-state index contributed by atoms with van der Waals surface area (Å²) in [7, 11) is -0.918. The normalized spacial score (nSPS) is 12.6. The molecule has 8 nitrogen and oxygen atoms in total. The minimum absolute atomic E-state index is 0.0236. The first-order valence-corrected chi connectivity index (χ1v) is 9.62. The minimum Gasteiger partial charge on any atom is -0.497 e. The molecular formula is C18H20N4O4S. The monoisotopic (exact) mass is 388 g/mol. The molecule has 1 unspecified atom stereocenters. The van der Waals surface area contributed by atoms with Gasteiger partial charge < -0.3 is 9.47 Å². The van der Waals surface area contributed by atoms with Gasteiger partial charge >= 0.3 is 0 Å². The largest absolute Gasteiger partial charge is 0.497 e. The van der Waals surface area contributed by atoms with Gasteiger partial charge in [-0.05, 0) is 36.8 Å². The molecule has 27 heavy (non-hydrogen) atoms. The Morgan fingerprint density at radius 1 is 1.07 bits per heavy atom. The molecule has 142 valence electrons. The number of aromatic nitrogens is 3. The number of rotatable bonds is 7. The van der Waals surface area contributed by atoms with Gasteiger partial charge in [0.25, 0.3) is 0 Å². The average Bonchev–Trinajstić information content (AvgIpc) is 3.22. The fourth-order valence-corrected chi connectivity index (χ4v) is 4.03. The standard InChI is InChI=1S/C18H20N4O4S/c1-13(14-4-6-15(7-5-14)22-12-19-11-20-22)21-27(23,24)18-10-16(25-2)8-9-17(18)26-3/h4-13,21H,1-3H3. The lowest BCUT2D eigenvalue weighted by molar-refractivity contribution is 0.391. The highest BCUT2D eigenvalue weighted by Crippen LogP contribution is 2.29. The van der Waals surface area contributed by atoms with Crippen molar-refractivity contribution >= 4 is 10.0 Å². The Hall–Kier alpha value is -2.91. The van der Waals surface area contributed by atoms with Crippen LogP contribution in [0, 0.1) is 0 Å². The summed E-state index contributed by atoms with van der Waals surface area (Å²) >= 11 is 0. The summed E-state index contributed by atoms with van der Waals surface area (Å²) in [4.78, 5) is 3.93. The summed E-state index contributed by atoms with van der Waals surface area (Å²) in [5.74, 6) is 0.679. The number of ether oxygens (including phenoxy) is 2. The van der Waals surface area contributed by atoms with Gasteiger partial charge in [-0.3, -0.25) is 0 Å². The quantitative estimate of drug-likeness (QED) is 0.667. The molecule has 0 saturated heterocycles. The molecule has 0 aliphatic heterocycles. The first-order valence-electron chi connectivity index (χ1n) is 8.14. The van der Waals surface area contributed by atoms with Crippen molar-refractivity contribution in [3.63, 3.8) is 0 Å². The van der Waals surface area contributed by atoms with E-state index in [1.807, 2.05) is 24.3 Å². The molecule has 1 heterocycles. The number of hydrogen-bond donors (Lipinski definition) is 1. The molecule has 0 amide bonds. The van der Waals surface area contributed by atoms with Crippen molar-refractivity contribution in [3.8, 4) is 17.2 Å². The number of nitrogens with zero attached hydrogens (tertiary/aromatic N) is 3. The molecule has 1 N–H and O–H groups in total. The Kier molecular flexibility index (Phi) is 5.43. The van der Waals surface area contributed by atoms with Crippen LogP contribution >= 0.6 is 0 Å². The van der Waals surface area contributed by atoms with E-state index in [4.69, 9.17) is 9.47 Å². The van der Waals surface area contributed by atoms with Gasteiger partial charge in [0.2, 0.25) is 10.0 Å². The number of nitrogens with one attached hydrogen (secondary N) is 1. The highest BCUT2D eigenvalue weighted by atomic mass is 32.2. The van der Waals surface area contributed by atoms with E-state index in [-0.39, 0.29) is 10.6 Å². The van der Waals surface area contributed by atoms with E-state index in [1.165, 1.54) is 26.6 Å². The molecule has 2 aromatic carbocycles. The van der Waals surface area contributed by atoms with Gasteiger partial charge in [-0.2, -0.15) is 5.10 Å². The molecule has 1 atom stereocenters. The van der Waals surface area contributed by atoms with Crippen LogP contribution < -0.4 is 14.2 Å². The summed E-state index contributed by atoms with van der Waals surface area (Å²) < 4.78 is 40.3. The minimum atomic E-state index is -3.82. The van der Waals surface area contributed by atoms with Crippen LogP contribution in [0.15, 0.2) is 60.0 Å². The SMILES string of the molecule is COc1ccc(OC)c(S(=O)(=O)NC(C)c2ccc(-n3cncn3)cc2)c1. The number of methoxy groups -OCH3 is 2. The van der Waals surface area contributed by atoms with Crippen LogP contribution in [0.3, 0.4) is 0 Å². The van der Waals surface area contributed by atoms with Crippen LogP contribution in [0.5, 0.6) is 11.5 Å². The summed E-state index contributed by atoms with van der Waals surface area (Å²) in [5, 5.41) is 4.06. The maximum atomic E-state index is 12.8. The zero-order valence-corrected chi connectivity index (χ0v) is 16.0. The molecule has 3 aromatic rings.